The van der Waals surface area contributed by atoms with E-state index < -0.39 is 0 Å². The molecule has 0 aromatic heterocycles. The number of unbranched alkanes of at least 4 members (excludes halogenated alkanes) is 1. The van der Waals surface area contributed by atoms with E-state index in [4.69, 9.17) is 14.7 Å². The summed E-state index contributed by atoms with van der Waals surface area (Å²) in [5, 5.41) is 8.76. The summed E-state index contributed by atoms with van der Waals surface area (Å²) in [5.41, 5.74) is 1.63. The summed E-state index contributed by atoms with van der Waals surface area (Å²) < 4.78 is 11.5. The summed E-state index contributed by atoms with van der Waals surface area (Å²) in [7, 11) is 0. The molecule has 0 atom stereocenters. The summed E-state index contributed by atoms with van der Waals surface area (Å²) in [6.07, 6.45) is 4.97. The predicted molar refractivity (Wildman–Crippen MR) is 73.3 cm³/mol. The topological polar surface area (TPSA) is 42.2 Å². The van der Waals surface area contributed by atoms with Gasteiger partial charge in [0, 0.05) is 11.5 Å². The molecule has 3 heteroatoms. The van der Waals surface area contributed by atoms with Crippen LogP contribution in [0.25, 0.3) is 0 Å². The van der Waals surface area contributed by atoms with Crippen LogP contribution < -0.4 is 0 Å². The highest BCUT2D eigenvalue weighted by atomic mass is 16.7. The monoisotopic (exact) mass is 257 g/mol. The van der Waals surface area contributed by atoms with Gasteiger partial charge in [-0.15, -0.1) is 6.58 Å². The number of allylic oxidation sites excluding steroid dienone is 1. The first-order valence-corrected chi connectivity index (χ1v) is 6.67. The molecule has 2 rings (SSSR count). The molecule has 0 saturated carbocycles. The smallest absolute Gasteiger partial charge is 0.183 e. The van der Waals surface area contributed by atoms with Crippen molar-refractivity contribution in [2.24, 2.45) is 5.92 Å². The highest BCUT2D eigenvalue weighted by Gasteiger charge is 2.22. The van der Waals surface area contributed by atoms with Crippen molar-refractivity contribution in [2.75, 3.05) is 13.2 Å². The van der Waals surface area contributed by atoms with E-state index in [9.17, 15) is 0 Å². The first kappa shape index (κ1) is 13.8. The molecular formula is C16H19NO2. The Morgan fingerprint density at radius 2 is 1.95 bits per heavy atom. The largest absolute Gasteiger partial charge is 0.348 e. The molecule has 0 bridgehead atoms. The van der Waals surface area contributed by atoms with Gasteiger partial charge in [0.15, 0.2) is 6.29 Å². The number of benzene rings is 1. The molecule has 0 radical (unpaired) electrons. The molecular weight excluding hydrogens is 238 g/mol. The normalized spacial score (nSPS) is 22.7. The van der Waals surface area contributed by atoms with E-state index in [1.807, 2.05) is 18.2 Å². The van der Waals surface area contributed by atoms with Gasteiger partial charge in [-0.05, 0) is 31.4 Å². The Bertz CT molecular complexity index is 439. The molecule has 0 aliphatic carbocycles. The average molecular weight is 257 g/mol. The van der Waals surface area contributed by atoms with Crippen molar-refractivity contribution >= 4 is 0 Å². The van der Waals surface area contributed by atoms with Crippen LogP contribution in [0.4, 0.5) is 0 Å². The van der Waals surface area contributed by atoms with E-state index in [0.29, 0.717) is 11.5 Å². The van der Waals surface area contributed by atoms with Gasteiger partial charge in [0.1, 0.15) is 0 Å². The zero-order valence-electron chi connectivity index (χ0n) is 11.0. The molecule has 1 aromatic rings. The Hall–Kier alpha value is -1.63. The van der Waals surface area contributed by atoms with E-state index in [0.717, 1.165) is 38.0 Å². The Labute approximate surface area is 114 Å². The third-order valence-electron chi connectivity index (χ3n) is 3.30. The van der Waals surface area contributed by atoms with Crippen molar-refractivity contribution < 1.29 is 9.47 Å². The first-order valence-electron chi connectivity index (χ1n) is 6.67. The fraction of sp³-hybridized carbons (Fsp3) is 0.438. The van der Waals surface area contributed by atoms with Crippen molar-refractivity contribution in [1.82, 2.24) is 0 Å². The van der Waals surface area contributed by atoms with Crippen molar-refractivity contribution in [3.05, 3.63) is 48.0 Å². The number of nitrogens with zero attached hydrogens (tertiary/aromatic N) is 1. The minimum absolute atomic E-state index is 0.289. The summed E-state index contributed by atoms with van der Waals surface area (Å²) >= 11 is 0. The van der Waals surface area contributed by atoms with Gasteiger partial charge in [0.25, 0.3) is 0 Å². The molecule has 100 valence electrons. The number of ether oxygens (including phenoxy) is 2. The second-order valence-electron chi connectivity index (χ2n) is 4.82. The fourth-order valence-electron chi connectivity index (χ4n) is 2.17. The SMILES string of the molecule is C=CCCCC1COC(c2ccc(C#N)cc2)OC1. The quantitative estimate of drug-likeness (QED) is 0.598. The number of hydrogen-bond acceptors (Lipinski definition) is 3. The molecule has 0 unspecified atom stereocenters. The number of nitriles is 1. The Kier molecular flexibility index (Phi) is 5.14. The molecule has 1 saturated heterocycles. The van der Waals surface area contributed by atoms with E-state index in [-0.39, 0.29) is 6.29 Å². The molecule has 0 N–H and O–H groups in total. The second kappa shape index (κ2) is 7.08. The van der Waals surface area contributed by atoms with E-state index >= 15 is 0 Å². The van der Waals surface area contributed by atoms with Gasteiger partial charge >= 0.3 is 0 Å². The molecule has 0 amide bonds. The highest BCUT2D eigenvalue weighted by Crippen LogP contribution is 2.27. The molecule has 1 aliphatic heterocycles. The van der Waals surface area contributed by atoms with Gasteiger partial charge in [-0.1, -0.05) is 18.2 Å². The van der Waals surface area contributed by atoms with Crippen LogP contribution in [-0.2, 0) is 9.47 Å². The zero-order chi connectivity index (χ0) is 13.5. The third-order valence-corrected chi connectivity index (χ3v) is 3.30. The lowest BCUT2D eigenvalue weighted by molar-refractivity contribution is -0.206. The Balaban J connectivity index is 1.82. The van der Waals surface area contributed by atoms with Crippen molar-refractivity contribution in [3.8, 4) is 6.07 Å². The van der Waals surface area contributed by atoms with E-state index in [1.54, 1.807) is 12.1 Å². The van der Waals surface area contributed by atoms with Crippen LogP contribution in [0.5, 0.6) is 0 Å². The Morgan fingerprint density at radius 3 is 2.53 bits per heavy atom. The summed E-state index contributed by atoms with van der Waals surface area (Å²) in [4.78, 5) is 0. The second-order valence-corrected chi connectivity index (χ2v) is 4.82. The van der Waals surface area contributed by atoms with Gasteiger partial charge < -0.3 is 9.47 Å². The van der Waals surface area contributed by atoms with E-state index in [2.05, 4.69) is 12.6 Å². The lowest BCUT2D eigenvalue weighted by Crippen LogP contribution is -2.27. The van der Waals surface area contributed by atoms with Crippen LogP contribution in [0.15, 0.2) is 36.9 Å². The van der Waals surface area contributed by atoms with Crippen LogP contribution in [0, 0.1) is 17.2 Å². The first-order chi connectivity index (χ1) is 9.33. The lowest BCUT2D eigenvalue weighted by Gasteiger charge is -2.29. The van der Waals surface area contributed by atoms with Gasteiger partial charge in [-0.2, -0.15) is 5.26 Å². The van der Waals surface area contributed by atoms with Crippen LogP contribution >= 0.6 is 0 Å². The van der Waals surface area contributed by atoms with Crippen LogP contribution in [0.1, 0.15) is 36.7 Å². The minimum atomic E-state index is -0.289. The summed E-state index contributed by atoms with van der Waals surface area (Å²) in [6, 6.07) is 9.46. The van der Waals surface area contributed by atoms with Gasteiger partial charge in [0.05, 0.1) is 24.8 Å². The number of rotatable bonds is 5. The molecule has 3 nitrogen and oxygen atoms in total. The predicted octanol–water partition coefficient (Wildman–Crippen LogP) is 3.58. The lowest BCUT2D eigenvalue weighted by atomic mass is 10.0. The van der Waals surface area contributed by atoms with Crippen molar-refractivity contribution in [2.45, 2.75) is 25.6 Å². The maximum absolute atomic E-state index is 8.76. The van der Waals surface area contributed by atoms with Crippen molar-refractivity contribution in [3.63, 3.8) is 0 Å². The molecule has 19 heavy (non-hydrogen) atoms. The maximum atomic E-state index is 8.76. The zero-order valence-corrected chi connectivity index (χ0v) is 11.0. The van der Waals surface area contributed by atoms with Crippen LogP contribution in [-0.4, -0.2) is 13.2 Å². The molecule has 0 spiro atoms. The summed E-state index contributed by atoms with van der Waals surface area (Å²) in [5.74, 6) is 0.481. The van der Waals surface area contributed by atoms with Crippen molar-refractivity contribution in [1.29, 1.82) is 5.26 Å². The fourth-order valence-corrected chi connectivity index (χ4v) is 2.17. The van der Waals surface area contributed by atoms with Crippen LogP contribution in [0.3, 0.4) is 0 Å². The maximum Gasteiger partial charge on any atom is 0.183 e. The molecule has 1 fully saturated rings. The highest BCUT2D eigenvalue weighted by molar-refractivity contribution is 5.32. The average Bonchev–Trinajstić information content (AvgIpc) is 2.48. The minimum Gasteiger partial charge on any atom is -0.348 e. The number of hydrogen-bond donors (Lipinski definition) is 0. The molecule has 1 aromatic carbocycles. The van der Waals surface area contributed by atoms with Gasteiger partial charge in [-0.3, -0.25) is 0 Å². The third kappa shape index (κ3) is 3.92. The van der Waals surface area contributed by atoms with Crippen LogP contribution in [0.2, 0.25) is 0 Å². The Morgan fingerprint density at radius 1 is 1.26 bits per heavy atom. The van der Waals surface area contributed by atoms with Gasteiger partial charge in [-0.25, -0.2) is 0 Å². The van der Waals surface area contributed by atoms with E-state index in [1.165, 1.54) is 0 Å². The van der Waals surface area contributed by atoms with Gasteiger partial charge in [0.2, 0.25) is 0 Å². The molecule has 1 aliphatic rings. The summed E-state index contributed by atoms with van der Waals surface area (Å²) in [6.45, 7) is 5.20. The standard InChI is InChI=1S/C16H19NO2/c1-2-3-4-5-14-11-18-16(19-12-14)15-8-6-13(10-17)7-9-15/h2,6-9,14,16H,1,3-5,11-12H2. The molecule has 1 heterocycles.